The lowest BCUT2D eigenvalue weighted by Gasteiger charge is -2.24. The molecule has 35 heavy (non-hydrogen) atoms. The van der Waals surface area contributed by atoms with Crippen molar-refractivity contribution in [2.75, 3.05) is 19.7 Å². The summed E-state index contributed by atoms with van der Waals surface area (Å²) in [5, 5.41) is 14.5. The van der Waals surface area contributed by atoms with Crippen molar-refractivity contribution in [1.29, 1.82) is 0 Å². The van der Waals surface area contributed by atoms with Crippen LogP contribution in [0.3, 0.4) is 0 Å². The second kappa shape index (κ2) is 11.9. The van der Waals surface area contributed by atoms with E-state index in [9.17, 15) is 14.4 Å². The fourth-order valence-electron chi connectivity index (χ4n) is 4.52. The Balaban J connectivity index is 1.45. The van der Waals surface area contributed by atoms with Crippen LogP contribution in [0, 0.1) is 11.3 Å². The van der Waals surface area contributed by atoms with Crippen molar-refractivity contribution in [3.05, 3.63) is 59.7 Å². The maximum atomic E-state index is 12.6. The summed E-state index contributed by atoms with van der Waals surface area (Å²) < 4.78 is 5.56. The van der Waals surface area contributed by atoms with Crippen molar-refractivity contribution >= 4 is 18.0 Å². The highest BCUT2D eigenvalue weighted by Crippen LogP contribution is 2.44. The molecule has 2 amide bonds. The number of ether oxygens (including phenoxy) is 1. The summed E-state index contributed by atoms with van der Waals surface area (Å²) in [4.78, 5) is 35.8. The van der Waals surface area contributed by atoms with Gasteiger partial charge >= 0.3 is 12.1 Å². The zero-order valence-corrected chi connectivity index (χ0v) is 20.8. The highest BCUT2D eigenvalue weighted by atomic mass is 16.5. The molecule has 0 saturated heterocycles. The van der Waals surface area contributed by atoms with Crippen LogP contribution in [-0.2, 0) is 14.3 Å². The van der Waals surface area contributed by atoms with Crippen LogP contribution in [0.5, 0.6) is 0 Å². The zero-order chi connectivity index (χ0) is 25.4. The van der Waals surface area contributed by atoms with Gasteiger partial charge in [0.25, 0.3) is 0 Å². The van der Waals surface area contributed by atoms with E-state index in [4.69, 9.17) is 9.84 Å². The molecule has 1 aliphatic rings. The molecule has 0 saturated carbocycles. The number of aliphatic carboxylic acids is 1. The average molecular weight is 481 g/mol. The lowest BCUT2D eigenvalue weighted by Crippen LogP contribution is -2.40. The van der Waals surface area contributed by atoms with E-state index in [0.717, 1.165) is 11.1 Å². The normalized spacial score (nSPS) is 13.5. The zero-order valence-electron chi connectivity index (χ0n) is 20.8. The number of amides is 2. The van der Waals surface area contributed by atoms with Crippen LogP contribution in [0.2, 0.25) is 0 Å². The summed E-state index contributed by atoms with van der Waals surface area (Å²) in [7, 11) is 0. The Kier molecular flexibility index (Phi) is 8.90. The largest absolute Gasteiger partial charge is 0.481 e. The van der Waals surface area contributed by atoms with Gasteiger partial charge in [-0.2, -0.15) is 0 Å². The number of rotatable bonds is 12. The third kappa shape index (κ3) is 7.07. The number of hydrogen-bond acceptors (Lipinski definition) is 4. The summed E-state index contributed by atoms with van der Waals surface area (Å²) in [6.45, 7) is 6.79. The molecule has 2 aromatic carbocycles. The second-order valence-electron chi connectivity index (χ2n) is 9.91. The van der Waals surface area contributed by atoms with Crippen LogP contribution in [-0.4, -0.2) is 42.8 Å². The maximum Gasteiger partial charge on any atom is 0.407 e. The van der Waals surface area contributed by atoms with E-state index in [-0.39, 0.29) is 42.7 Å². The van der Waals surface area contributed by atoms with Crippen molar-refractivity contribution in [3.63, 3.8) is 0 Å². The molecular weight excluding hydrogens is 444 g/mol. The first-order chi connectivity index (χ1) is 16.7. The Bertz CT molecular complexity index is 1000. The van der Waals surface area contributed by atoms with E-state index in [0.29, 0.717) is 25.8 Å². The van der Waals surface area contributed by atoms with E-state index in [1.165, 1.54) is 11.1 Å². The number of carbonyl (C=O) groups is 3. The van der Waals surface area contributed by atoms with Gasteiger partial charge in [-0.05, 0) is 46.9 Å². The molecule has 0 heterocycles. The number of carboxylic acid groups (broad SMARTS) is 1. The van der Waals surface area contributed by atoms with E-state index >= 15 is 0 Å². The molecule has 2 aromatic rings. The molecule has 0 bridgehead atoms. The Morgan fingerprint density at radius 2 is 1.57 bits per heavy atom. The number of nitrogens with one attached hydrogen (secondary N) is 2. The topological polar surface area (TPSA) is 105 Å². The Morgan fingerprint density at radius 3 is 2.14 bits per heavy atom. The molecule has 0 radical (unpaired) electrons. The molecule has 1 unspecified atom stereocenters. The van der Waals surface area contributed by atoms with Crippen molar-refractivity contribution in [3.8, 4) is 11.1 Å². The lowest BCUT2D eigenvalue weighted by atomic mass is 9.84. The molecular formula is C28H36N2O5. The molecule has 0 spiro atoms. The summed E-state index contributed by atoms with van der Waals surface area (Å²) in [6.07, 6.45) is 1.40. The first kappa shape index (κ1) is 26.3. The van der Waals surface area contributed by atoms with Crippen LogP contribution in [0.1, 0.15) is 63.5 Å². The minimum Gasteiger partial charge on any atom is -0.481 e. The quantitative estimate of drug-likeness (QED) is 0.399. The van der Waals surface area contributed by atoms with E-state index in [2.05, 4.69) is 34.9 Å². The minimum atomic E-state index is -0.813. The van der Waals surface area contributed by atoms with Crippen molar-refractivity contribution in [2.45, 2.75) is 52.4 Å². The number of carboxylic acids is 1. The van der Waals surface area contributed by atoms with Crippen molar-refractivity contribution in [1.82, 2.24) is 10.6 Å². The van der Waals surface area contributed by atoms with Gasteiger partial charge in [-0.1, -0.05) is 69.3 Å². The van der Waals surface area contributed by atoms with Crippen LogP contribution < -0.4 is 10.6 Å². The fraction of sp³-hybridized carbons (Fsp3) is 0.464. The number of benzene rings is 2. The number of hydrogen-bond donors (Lipinski definition) is 3. The Morgan fingerprint density at radius 1 is 0.971 bits per heavy atom. The van der Waals surface area contributed by atoms with Crippen LogP contribution >= 0.6 is 0 Å². The molecule has 1 atom stereocenters. The van der Waals surface area contributed by atoms with Gasteiger partial charge in [0.05, 0.1) is 5.92 Å². The first-order valence-corrected chi connectivity index (χ1v) is 12.3. The molecule has 3 rings (SSSR count). The third-order valence-corrected chi connectivity index (χ3v) is 6.82. The molecule has 0 aliphatic heterocycles. The summed E-state index contributed by atoms with van der Waals surface area (Å²) in [5.74, 6) is -1.31. The summed E-state index contributed by atoms with van der Waals surface area (Å²) >= 11 is 0. The van der Waals surface area contributed by atoms with Gasteiger partial charge in [0.2, 0.25) is 5.91 Å². The van der Waals surface area contributed by atoms with Gasteiger partial charge in [-0.15, -0.1) is 0 Å². The third-order valence-electron chi connectivity index (χ3n) is 6.82. The van der Waals surface area contributed by atoms with Gasteiger partial charge in [-0.25, -0.2) is 4.79 Å². The van der Waals surface area contributed by atoms with Crippen molar-refractivity contribution in [2.24, 2.45) is 11.3 Å². The SMILES string of the molecule is CCC(CNC(=O)OCC1c2ccccc2-c2ccccc21)C(=O)NCCC(C)(C)CCC(=O)O. The molecule has 0 aromatic heterocycles. The highest BCUT2D eigenvalue weighted by Gasteiger charge is 2.29. The predicted molar refractivity (Wildman–Crippen MR) is 135 cm³/mol. The Labute approximate surface area is 207 Å². The van der Waals surface area contributed by atoms with Gasteiger partial charge in [0.15, 0.2) is 0 Å². The standard InChI is InChI=1S/C28H36N2O5/c1-4-19(26(33)29-16-15-28(2,3)14-13-25(31)32)17-30-27(34)35-18-24-22-11-7-5-9-20(22)21-10-6-8-12-23(21)24/h5-12,19,24H,4,13-18H2,1-3H3,(H,29,33)(H,30,34)(H,31,32). The molecule has 7 heteroatoms. The van der Waals surface area contributed by atoms with Gasteiger partial charge in [0.1, 0.15) is 6.61 Å². The van der Waals surface area contributed by atoms with Crippen LogP contribution in [0.4, 0.5) is 4.79 Å². The van der Waals surface area contributed by atoms with Crippen molar-refractivity contribution < 1.29 is 24.2 Å². The monoisotopic (exact) mass is 480 g/mol. The summed E-state index contributed by atoms with van der Waals surface area (Å²) in [5.41, 5.74) is 4.47. The molecule has 0 fully saturated rings. The number of fused-ring (bicyclic) bond motifs is 3. The maximum absolute atomic E-state index is 12.6. The second-order valence-corrected chi connectivity index (χ2v) is 9.91. The van der Waals surface area contributed by atoms with E-state index in [1.54, 1.807) is 0 Å². The molecule has 7 nitrogen and oxygen atoms in total. The fourth-order valence-corrected chi connectivity index (χ4v) is 4.52. The van der Waals surface area contributed by atoms with Crippen LogP contribution in [0.15, 0.2) is 48.5 Å². The minimum absolute atomic E-state index is 0.0112. The van der Waals surface area contributed by atoms with Gasteiger partial charge < -0.3 is 20.5 Å². The number of alkyl carbamates (subject to hydrolysis) is 1. The smallest absolute Gasteiger partial charge is 0.407 e. The Hall–Kier alpha value is -3.35. The van der Waals surface area contributed by atoms with E-state index in [1.807, 2.05) is 45.0 Å². The molecule has 3 N–H and O–H groups in total. The first-order valence-electron chi connectivity index (χ1n) is 12.3. The van der Waals surface area contributed by atoms with E-state index < -0.39 is 12.1 Å². The van der Waals surface area contributed by atoms with Gasteiger partial charge in [0, 0.05) is 25.4 Å². The average Bonchev–Trinajstić information content (AvgIpc) is 3.15. The summed E-state index contributed by atoms with van der Waals surface area (Å²) in [6, 6.07) is 16.3. The molecule has 1 aliphatic carbocycles. The highest BCUT2D eigenvalue weighted by molar-refractivity contribution is 5.80. The van der Waals surface area contributed by atoms with Gasteiger partial charge in [-0.3, -0.25) is 9.59 Å². The molecule has 188 valence electrons. The number of carbonyl (C=O) groups excluding carboxylic acids is 2. The predicted octanol–water partition coefficient (Wildman–Crippen LogP) is 4.95. The lowest BCUT2D eigenvalue weighted by molar-refractivity contribution is -0.137. The van der Waals surface area contributed by atoms with Crippen LogP contribution in [0.25, 0.3) is 11.1 Å².